The summed E-state index contributed by atoms with van der Waals surface area (Å²) in [6.45, 7) is 0.0768. The number of rotatable bonds is 7. The molecule has 87 heavy (non-hydrogen) atoms. The van der Waals surface area contributed by atoms with Crippen LogP contribution in [0.4, 0.5) is 0 Å². The van der Waals surface area contributed by atoms with Gasteiger partial charge in [0.2, 0.25) is 0 Å². The quantitative estimate of drug-likeness (QED) is 0.0982. The molecule has 0 spiro atoms. The SMILES string of the molecule is BrCc1ccc(-n2c3ccccc3c3ccccc32)cc1.O=Cc1ccc(-n2c3ccccc3c3ccccc32)cc1.O=Cc1ccc(Br)cc1.OCc1ccc(-n2c3ccccc3c3ccccc32)cc1.[B].[H-].[Na+].c1ccc2c(c1)Cc1ccccc1-2. The van der Waals surface area contributed by atoms with Crippen LogP contribution in [0.15, 0.2) is 296 Å². The Hall–Kier alpha value is -8.64. The second kappa shape index (κ2) is 28.7. The van der Waals surface area contributed by atoms with Crippen molar-refractivity contribution in [2.75, 3.05) is 0 Å². The molecule has 0 fully saturated rings. The third kappa shape index (κ3) is 13.1. The van der Waals surface area contributed by atoms with Crippen molar-refractivity contribution >= 4 is 118 Å². The number of para-hydroxylation sites is 6. The molecule has 12 aromatic carbocycles. The van der Waals surface area contributed by atoms with Crippen molar-refractivity contribution in [2.45, 2.75) is 18.4 Å². The van der Waals surface area contributed by atoms with Gasteiger partial charge < -0.3 is 20.2 Å². The summed E-state index contributed by atoms with van der Waals surface area (Å²) in [6.07, 6.45) is 2.80. The number of aldehydes is 2. The first-order valence-corrected chi connectivity index (χ1v) is 30.1. The molecule has 10 heteroatoms. The molecule has 1 N–H and O–H groups in total. The molecule has 0 saturated heterocycles. The molecule has 0 saturated carbocycles. The Balaban J connectivity index is 0.000000133. The van der Waals surface area contributed by atoms with Crippen LogP contribution in [0.2, 0.25) is 0 Å². The van der Waals surface area contributed by atoms with Gasteiger partial charge in [-0.3, -0.25) is 9.59 Å². The number of fused-ring (bicyclic) bond motifs is 12. The summed E-state index contributed by atoms with van der Waals surface area (Å²) in [5, 5.41) is 17.7. The number of carbonyl (C=O) groups is 2. The van der Waals surface area contributed by atoms with Crippen LogP contribution in [-0.4, -0.2) is 39.8 Å². The van der Waals surface area contributed by atoms with E-state index in [0.717, 1.165) is 45.7 Å². The fourth-order valence-corrected chi connectivity index (χ4v) is 12.0. The molecule has 3 heterocycles. The molecular weight excluding hydrogens is 1210 g/mol. The summed E-state index contributed by atoms with van der Waals surface area (Å²) >= 11 is 6.76. The number of hydrogen-bond acceptors (Lipinski definition) is 3. The first kappa shape index (κ1) is 61.5. The molecule has 1 aliphatic rings. The average molecular weight is 1270 g/mol. The van der Waals surface area contributed by atoms with Crippen LogP contribution in [0.3, 0.4) is 0 Å². The van der Waals surface area contributed by atoms with Gasteiger partial charge in [0.1, 0.15) is 12.6 Å². The van der Waals surface area contributed by atoms with Gasteiger partial charge in [-0.05, 0) is 137 Å². The minimum Gasteiger partial charge on any atom is -1.00 e. The number of nitrogens with zero attached hydrogens (tertiary/aromatic N) is 3. The number of aromatic nitrogens is 3. The van der Waals surface area contributed by atoms with Gasteiger partial charge in [-0.25, -0.2) is 0 Å². The first-order valence-electron chi connectivity index (χ1n) is 28.2. The Morgan fingerprint density at radius 3 is 0.920 bits per heavy atom. The Morgan fingerprint density at radius 1 is 0.356 bits per heavy atom. The first-order chi connectivity index (χ1) is 41.9. The van der Waals surface area contributed by atoms with Crippen LogP contribution < -0.4 is 29.6 Å². The van der Waals surface area contributed by atoms with Crippen molar-refractivity contribution in [3.8, 4) is 28.2 Å². The summed E-state index contributed by atoms with van der Waals surface area (Å²) < 4.78 is 7.83. The predicted molar refractivity (Wildman–Crippen MR) is 367 cm³/mol. The number of benzene rings is 12. The van der Waals surface area contributed by atoms with E-state index in [2.05, 4.69) is 276 Å². The van der Waals surface area contributed by atoms with Crippen molar-refractivity contribution < 1.29 is 45.7 Å². The molecule has 0 unspecified atom stereocenters. The zero-order valence-corrected chi connectivity index (χ0v) is 53.1. The predicted octanol–water partition coefficient (Wildman–Crippen LogP) is 16.8. The van der Waals surface area contributed by atoms with E-state index in [9.17, 15) is 14.7 Å². The van der Waals surface area contributed by atoms with Gasteiger partial charge >= 0.3 is 29.6 Å². The smallest absolute Gasteiger partial charge is 1.00 e. The number of alkyl halides is 1. The standard InChI is InChI=1S/C19H14BrN.C19H15NO.C19H13NO.C13H10.C7H5BrO.B.Na.H/c20-13-14-9-11-15(12-10-14)21-18-7-3-1-5-16(18)17-6-2-4-8-19(17)21;2*21-13-14-9-11-15(12-10-14)20-18-7-3-1-5-16(18)17-6-2-4-8-19(17)20;1-3-7-12-10(5-1)9-11-6-2-4-8-13(11)12;8-7-3-1-6(5-9)2-4-7;;;/h1-12H,13H2;1-12,21H,13H2;1-13H;1-8H,9H2;1-5H;;;/q;;;;;;+1;-1. The third-order valence-electron chi connectivity index (χ3n) is 15.5. The Morgan fingerprint density at radius 2 is 0.621 bits per heavy atom. The Labute approximate surface area is 548 Å². The molecule has 417 valence electrons. The minimum atomic E-state index is 0. The van der Waals surface area contributed by atoms with E-state index in [1.807, 2.05) is 48.5 Å². The van der Waals surface area contributed by atoms with Crippen molar-refractivity contribution in [1.82, 2.24) is 13.7 Å². The van der Waals surface area contributed by atoms with Gasteiger partial charge in [0.05, 0.1) is 39.7 Å². The number of halogens is 2. The van der Waals surface area contributed by atoms with E-state index < -0.39 is 0 Å². The van der Waals surface area contributed by atoms with Crippen molar-refractivity contribution in [3.05, 3.63) is 329 Å². The minimum absolute atomic E-state index is 0. The molecule has 16 rings (SSSR count). The van der Waals surface area contributed by atoms with Gasteiger partial charge in [-0.1, -0.05) is 226 Å². The Bertz CT molecular complexity index is 4470. The maximum atomic E-state index is 10.8. The monoisotopic (exact) mass is 1260 g/mol. The second-order valence-electron chi connectivity index (χ2n) is 20.6. The average Bonchev–Trinajstić information content (AvgIpc) is 3.37. The van der Waals surface area contributed by atoms with E-state index in [-0.39, 0.29) is 46.0 Å². The number of hydrogen-bond donors (Lipinski definition) is 1. The van der Waals surface area contributed by atoms with Crippen molar-refractivity contribution in [1.29, 1.82) is 0 Å². The molecule has 6 nitrogen and oxygen atoms in total. The zero-order chi connectivity index (χ0) is 58.1. The van der Waals surface area contributed by atoms with Crippen molar-refractivity contribution in [2.24, 2.45) is 0 Å². The summed E-state index contributed by atoms with van der Waals surface area (Å²) in [4.78, 5) is 20.9. The zero-order valence-electron chi connectivity index (χ0n) is 48.9. The van der Waals surface area contributed by atoms with E-state index >= 15 is 0 Å². The number of aliphatic hydroxyl groups is 1. The van der Waals surface area contributed by atoms with E-state index in [1.54, 1.807) is 12.1 Å². The van der Waals surface area contributed by atoms with Gasteiger partial charge in [0, 0.05) is 78.7 Å². The maximum Gasteiger partial charge on any atom is 1.00 e. The fraction of sp³-hybridized carbons (Fsp3) is 0.0390. The van der Waals surface area contributed by atoms with Gasteiger partial charge in [-0.2, -0.15) is 0 Å². The van der Waals surface area contributed by atoms with Crippen LogP contribution in [0.25, 0.3) is 93.6 Å². The second-order valence-corrected chi connectivity index (χ2v) is 22.1. The third-order valence-corrected chi connectivity index (χ3v) is 16.6. The van der Waals surface area contributed by atoms with Gasteiger partial charge in [-0.15, -0.1) is 0 Å². The molecule has 3 aromatic heterocycles. The van der Waals surface area contributed by atoms with Crippen LogP contribution in [0, 0.1) is 0 Å². The topological polar surface area (TPSA) is 69.2 Å². The van der Waals surface area contributed by atoms with E-state index in [0.29, 0.717) is 11.1 Å². The molecule has 0 bridgehead atoms. The molecule has 0 atom stereocenters. The van der Waals surface area contributed by atoms with Crippen LogP contribution in [0.1, 0.15) is 44.4 Å². The van der Waals surface area contributed by atoms with Crippen molar-refractivity contribution in [3.63, 3.8) is 0 Å². The van der Waals surface area contributed by atoms with Gasteiger partial charge in [0.25, 0.3) is 0 Å². The molecule has 3 radical (unpaired) electrons. The summed E-state index contributed by atoms with van der Waals surface area (Å²) in [5.74, 6) is 0. The number of aliphatic hydroxyl groups excluding tert-OH is 1. The molecular formula is C77H58BBr2N3NaO3. The molecule has 0 amide bonds. The number of carbonyl (C=O) groups excluding carboxylic acids is 2. The maximum absolute atomic E-state index is 10.8. The largest absolute Gasteiger partial charge is 1.00 e. The van der Waals surface area contributed by atoms with Crippen LogP contribution >= 0.6 is 31.9 Å². The normalized spacial score (nSPS) is 10.9. The van der Waals surface area contributed by atoms with Gasteiger partial charge in [0.15, 0.2) is 0 Å². The fourth-order valence-electron chi connectivity index (χ4n) is 11.4. The van der Waals surface area contributed by atoms with E-state index in [4.69, 9.17) is 0 Å². The Kier molecular flexibility index (Phi) is 20.3. The summed E-state index contributed by atoms with van der Waals surface area (Å²) in [7, 11) is 0. The molecule has 1 aliphatic carbocycles. The van der Waals surface area contributed by atoms with Crippen LogP contribution in [-0.2, 0) is 18.4 Å². The van der Waals surface area contributed by atoms with Crippen LogP contribution in [0.5, 0.6) is 0 Å². The van der Waals surface area contributed by atoms with E-state index in [1.165, 1.54) is 98.9 Å². The molecule has 15 aromatic rings. The summed E-state index contributed by atoms with van der Waals surface area (Å²) in [6, 6.07) is 99.9. The summed E-state index contributed by atoms with van der Waals surface area (Å²) in [5.41, 5.74) is 20.0. The molecule has 0 aliphatic heterocycles.